The lowest BCUT2D eigenvalue weighted by molar-refractivity contribution is -0.121. The molecule has 7 nitrogen and oxygen atoms in total. The predicted octanol–water partition coefficient (Wildman–Crippen LogP) is 0.437. The fourth-order valence-corrected chi connectivity index (χ4v) is 1.37. The number of methoxy groups -OCH3 is 1. The molecule has 98 valence electrons. The molecule has 0 atom stereocenters. The van der Waals surface area contributed by atoms with Gasteiger partial charge in [-0.1, -0.05) is 0 Å². The van der Waals surface area contributed by atoms with Crippen molar-refractivity contribution in [1.29, 1.82) is 0 Å². The number of hydrogen-bond acceptors (Lipinski definition) is 5. The van der Waals surface area contributed by atoms with Gasteiger partial charge in [0, 0.05) is 0 Å². The molecule has 2 rings (SSSR count). The molecule has 0 fully saturated rings. The van der Waals surface area contributed by atoms with Crippen LogP contribution in [0.4, 0.5) is 0 Å². The van der Waals surface area contributed by atoms with Gasteiger partial charge in [0.2, 0.25) is 0 Å². The van der Waals surface area contributed by atoms with Gasteiger partial charge in [0.25, 0.3) is 5.91 Å². The molecule has 19 heavy (non-hydrogen) atoms. The number of benzene rings is 1. The predicted molar refractivity (Wildman–Crippen MR) is 68.8 cm³/mol. The van der Waals surface area contributed by atoms with Gasteiger partial charge in [0.1, 0.15) is 24.9 Å². The van der Waals surface area contributed by atoms with E-state index in [9.17, 15) is 4.79 Å². The lowest BCUT2D eigenvalue weighted by atomic mass is 10.2. The van der Waals surface area contributed by atoms with Gasteiger partial charge in [-0.05, 0) is 29.8 Å². The van der Waals surface area contributed by atoms with Crippen LogP contribution in [0.3, 0.4) is 0 Å². The summed E-state index contributed by atoms with van der Waals surface area (Å²) in [7, 11) is 1.60. The average Bonchev–Trinajstić information content (AvgIpc) is 2.92. The van der Waals surface area contributed by atoms with Gasteiger partial charge in [-0.15, -0.1) is 0 Å². The number of carbonyl (C=O) groups is 1. The molecule has 0 radical (unpaired) electrons. The van der Waals surface area contributed by atoms with E-state index in [0.717, 1.165) is 11.3 Å². The highest BCUT2D eigenvalue weighted by Gasteiger charge is 2.00. The quantitative estimate of drug-likeness (QED) is 0.624. The van der Waals surface area contributed by atoms with E-state index in [1.54, 1.807) is 13.3 Å². The highest BCUT2D eigenvalue weighted by molar-refractivity contribution is 5.82. The number of hydrogen-bond donors (Lipinski definition) is 1. The van der Waals surface area contributed by atoms with Crippen molar-refractivity contribution in [1.82, 2.24) is 20.2 Å². The molecule has 0 unspecified atom stereocenters. The van der Waals surface area contributed by atoms with Crippen LogP contribution in [0.1, 0.15) is 5.56 Å². The van der Waals surface area contributed by atoms with Crippen LogP contribution in [-0.2, 0) is 11.3 Å². The van der Waals surface area contributed by atoms with Crippen molar-refractivity contribution >= 4 is 12.1 Å². The molecule has 0 saturated heterocycles. The zero-order chi connectivity index (χ0) is 13.5. The van der Waals surface area contributed by atoms with E-state index in [0.29, 0.717) is 0 Å². The summed E-state index contributed by atoms with van der Waals surface area (Å²) >= 11 is 0. The molecule has 7 heteroatoms. The van der Waals surface area contributed by atoms with Crippen molar-refractivity contribution in [3.63, 3.8) is 0 Å². The number of amides is 1. The Morgan fingerprint density at radius 3 is 2.89 bits per heavy atom. The molecular weight excluding hydrogens is 246 g/mol. The summed E-state index contributed by atoms with van der Waals surface area (Å²) in [5, 5.41) is 7.67. The van der Waals surface area contributed by atoms with E-state index in [2.05, 4.69) is 20.6 Å². The number of nitrogens with zero attached hydrogens (tertiary/aromatic N) is 4. The normalized spacial score (nSPS) is 10.6. The number of ether oxygens (including phenoxy) is 1. The Kier molecular flexibility index (Phi) is 4.22. The van der Waals surface area contributed by atoms with E-state index in [1.807, 2.05) is 24.3 Å². The van der Waals surface area contributed by atoms with Gasteiger partial charge in [-0.2, -0.15) is 10.2 Å². The van der Waals surface area contributed by atoms with Crippen LogP contribution in [0.5, 0.6) is 5.75 Å². The smallest absolute Gasteiger partial charge is 0.261 e. The first-order valence-corrected chi connectivity index (χ1v) is 5.56. The Hall–Kier alpha value is -2.70. The molecule has 0 aliphatic carbocycles. The lowest BCUT2D eigenvalue weighted by Gasteiger charge is -2.00. The minimum absolute atomic E-state index is 0.0833. The third-order valence-corrected chi connectivity index (χ3v) is 2.29. The number of aromatic nitrogens is 3. The van der Waals surface area contributed by atoms with Crippen molar-refractivity contribution in [2.75, 3.05) is 7.11 Å². The maximum Gasteiger partial charge on any atom is 0.261 e. The molecule has 1 N–H and O–H groups in total. The van der Waals surface area contributed by atoms with Crippen LogP contribution in [0.2, 0.25) is 0 Å². The monoisotopic (exact) mass is 259 g/mol. The molecule has 1 aromatic heterocycles. The molecule has 0 aliphatic rings. The van der Waals surface area contributed by atoms with Gasteiger partial charge in [0.15, 0.2) is 0 Å². The number of nitrogens with one attached hydrogen (secondary N) is 1. The van der Waals surface area contributed by atoms with E-state index in [4.69, 9.17) is 4.74 Å². The Morgan fingerprint density at radius 1 is 1.47 bits per heavy atom. The second-order valence-electron chi connectivity index (χ2n) is 3.66. The van der Waals surface area contributed by atoms with Crippen molar-refractivity contribution in [3.8, 4) is 5.75 Å². The van der Waals surface area contributed by atoms with E-state index in [1.165, 1.54) is 17.3 Å². The van der Waals surface area contributed by atoms with Crippen molar-refractivity contribution in [3.05, 3.63) is 42.5 Å². The molecule has 1 heterocycles. The summed E-state index contributed by atoms with van der Waals surface area (Å²) < 4.78 is 6.46. The Balaban J connectivity index is 1.83. The molecule has 0 aliphatic heterocycles. The first-order chi connectivity index (χ1) is 9.28. The van der Waals surface area contributed by atoms with Crippen LogP contribution in [-0.4, -0.2) is 34.0 Å². The van der Waals surface area contributed by atoms with Crippen LogP contribution < -0.4 is 10.2 Å². The molecule has 2 aromatic rings. The Morgan fingerprint density at radius 2 is 2.26 bits per heavy atom. The number of rotatable bonds is 5. The zero-order valence-electron chi connectivity index (χ0n) is 10.4. The molecule has 0 spiro atoms. The molecule has 1 amide bonds. The maximum atomic E-state index is 11.5. The molecule has 0 saturated carbocycles. The minimum Gasteiger partial charge on any atom is -0.497 e. The fourth-order valence-electron chi connectivity index (χ4n) is 1.37. The van der Waals surface area contributed by atoms with Gasteiger partial charge in [-0.3, -0.25) is 4.79 Å². The Bertz CT molecular complexity index is 548. The number of hydrazone groups is 1. The molecule has 1 aromatic carbocycles. The third kappa shape index (κ3) is 3.91. The second-order valence-corrected chi connectivity index (χ2v) is 3.66. The lowest BCUT2D eigenvalue weighted by Crippen LogP contribution is -2.23. The van der Waals surface area contributed by atoms with Crippen molar-refractivity contribution < 1.29 is 9.53 Å². The Labute approximate surface area is 109 Å². The van der Waals surface area contributed by atoms with Crippen molar-refractivity contribution in [2.45, 2.75) is 6.54 Å². The largest absolute Gasteiger partial charge is 0.497 e. The van der Waals surface area contributed by atoms with Gasteiger partial charge < -0.3 is 4.74 Å². The van der Waals surface area contributed by atoms with Gasteiger partial charge in [0.05, 0.1) is 13.3 Å². The van der Waals surface area contributed by atoms with Crippen LogP contribution in [0.25, 0.3) is 0 Å². The summed E-state index contributed by atoms with van der Waals surface area (Å²) in [5.74, 6) is 0.502. The maximum absolute atomic E-state index is 11.5. The zero-order valence-corrected chi connectivity index (χ0v) is 10.4. The first-order valence-electron chi connectivity index (χ1n) is 5.56. The van der Waals surface area contributed by atoms with Crippen LogP contribution in [0, 0.1) is 0 Å². The SMILES string of the molecule is COc1ccc(/C=N\NC(=O)Cn2cncn2)cc1. The summed E-state index contributed by atoms with van der Waals surface area (Å²) in [5.41, 5.74) is 3.27. The summed E-state index contributed by atoms with van der Waals surface area (Å²) in [6.45, 7) is 0.0833. The van der Waals surface area contributed by atoms with Crippen molar-refractivity contribution in [2.24, 2.45) is 5.10 Å². The van der Waals surface area contributed by atoms with E-state index in [-0.39, 0.29) is 12.5 Å². The van der Waals surface area contributed by atoms with E-state index >= 15 is 0 Å². The summed E-state index contributed by atoms with van der Waals surface area (Å²) in [6, 6.07) is 7.31. The van der Waals surface area contributed by atoms with E-state index < -0.39 is 0 Å². The summed E-state index contributed by atoms with van der Waals surface area (Å²) in [6.07, 6.45) is 4.39. The third-order valence-electron chi connectivity index (χ3n) is 2.29. The second kappa shape index (κ2) is 6.29. The fraction of sp³-hybridized carbons (Fsp3) is 0.167. The standard InChI is InChI=1S/C12H13N5O2/c1-19-11-4-2-10(3-5-11)6-14-16-12(18)7-17-9-13-8-15-17/h2-6,8-9H,7H2,1H3,(H,16,18)/b14-6-. The average molecular weight is 259 g/mol. The summed E-state index contributed by atoms with van der Waals surface area (Å²) in [4.78, 5) is 15.2. The molecular formula is C12H13N5O2. The highest BCUT2D eigenvalue weighted by Crippen LogP contribution is 2.09. The molecule has 0 bridgehead atoms. The topological polar surface area (TPSA) is 81.4 Å². The minimum atomic E-state index is -0.268. The van der Waals surface area contributed by atoms with Gasteiger partial charge >= 0.3 is 0 Å². The number of carbonyl (C=O) groups excluding carboxylic acids is 1. The highest BCUT2D eigenvalue weighted by atomic mass is 16.5. The van der Waals surface area contributed by atoms with Gasteiger partial charge in [-0.25, -0.2) is 15.1 Å². The van der Waals surface area contributed by atoms with Crippen LogP contribution in [0.15, 0.2) is 42.0 Å². The first kappa shape index (κ1) is 12.7. The van der Waals surface area contributed by atoms with Crippen LogP contribution >= 0.6 is 0 Å².